The summed E-state index contributed by atoms with van der Waals surface area (Å²) in [6, 6.07) is 0. The van der Waals surface area contributed by atoms with Crippen molar-refractivity contribution in [1.29, 1.82) is 0 Å². The molecule has 51 heteroatoms. The molecule has 0 bridgehead atoms. The number of aliphatic hydroxyl groups is 32. The molecule has 10 saturated heterocycles. The lowest BCUT2D eigenvalue weighted by atomic mass is 9.95. The second-order valence-corrected chi connectivity index (χ2v) is 28.0. The summed E-state index contributed by atoms with van der Waals surface area (Å²) in [6.07, 6.45) is -106. The zero-order valence-corrected chi connectivity index (χ0v) is 58.0. The van der Waals surface area contributed by atoms with Gasteiger partial charge < -0.3 is 253 Å². The zero-order chi connectivity index (χ0) is 81.4. The highest BCUT2D eigenvalue weighted by Gasteiger charge is 2.61. The summed E-state index contributed by atoms with van der Waals surface area (Å²) in [5.74, 6) is 0. The van der Waals surface area contributed by atoms with E-state index in [2.05, 4.69) is 0 Å². The molecule has 0 radical (unpaired) electrons. The van der Waals surface area contributed by atoms with Gasteiger partial charge in [0, 0.05) is 0 Å². The van der Waals surface area contributed by atoms with Crippen molar-refractivity contribution in [2.45, 2.75) is 307 Å². The Hall–Kier alpha value is -2.04. The molecule has 10 rings (SSSR count). The molecule has 10 heterocycles. The minimum atomic E-state index is -2.48. The van der Waals surface area contributed by atoms with Crippen molar-refractivity contribution in [1.82, 2.24) is 0 Å². The molecule has 0 spiro atoms. The van der Waals surface area contributed by atoms with Crippen LogP contribution in [0.1, 0.15) is 0 Å². The average molecular weight is 1640 g/mol. The molecule has 0 aromatic carbocycles. The normalized spacial score (nSPS) is 53.7. The van der Waals surface area contributed by atoms with E-state index in [1.165, 1.54) is 0 Å². The van der Waals surface area contributed by atoms with Gasteiger partial charge in [-0.25, -0.2) is 0 Å². The zero-order valence-electron chi connectivity index (χ0n) is 58.0. The molecule has 1 unspecified atom stereocenters. The van der Waals surface area contributed by atoms with E-state index < -0.39 is 373 Å². The molecule has 648 valence electrons. The van der Waals surface area contributed by atoms with E-state index in [0.29, 0.717) is 0 Å². The smallest absolute Gasteiger partial charge is 0.187 e. The van der Waals surface area contributed by atoms with Crippen LogP contribution >= 0.6 is 0 Å². The van der Waals surface area contributed by atoms with E-state index >= 15 is 0 Å². The SMILES string of the molecule is OC[C@H]1O[C@@H](OC[C@H]2O[C@@H](O[C@H]3[C@H](O)[C@@H](CO)OC(O)[C@@H]3O)[C@H](O)[C@@H](O[C@@H]3O[C@H](CO)[C@@H](O)[C@H](O[C@@H]4O[C@H](CO)[C@@H](O)[C@H](O[C@@H]5O[C@H](CO)[C@@H](O)[C@H](O[C@@H]6O[C@H](CO)[C@@H](O)[C@H](O[C@@H]7O[C@H](CO)[C@@H](O)[C@H](O[C@@H]8O[C@H](CO)[C@@H](O)[C@H](O[C@@H]9O[C@H](CO)[C@@H](O)[C@H](O)[C@H]9O)[C@H]8O)[C@H]7O)[C@H]6O)[C@H]5O)[C@H]4O)[C@H]3O)[C@@H]2O)[C@H](O)[C@@H](O)[C@@H]1O. The van der Waals surface area contributed by atoms with Gasteiger partial charge in [0.05, 0.1) is 66.1 Å². The number of aliphatic hydroxyl groups excluding tert-OH is 32. The van der Waals surface area contributed by atoms with Crippen LogP contribution in [0.5, 0.6) is 0 Å². The lowest BCUT2D eigenvalue weighted by Gasteiger charge is -2.50. The standard InChI is InChI=1S/C60H102O51/c61-1-11-21(70)31(80)33(82)52(95-11)93-10-20-30(79)50(42(91)60(103-20)104-43-23(72)13(3-63)94-51(92)35(43)84)111-59-41(90)49(29(78)19(9-69)102-59)110-58-40(89)48(28(77)18(8-68)101-58)109-57-39(88)47(27(76)17(7-67)100-57)108-56-38(87)46(26(75)16(6-66)99-56)107-55-37(86)45(25(74)15(5-65)98-55)106-54-36(85)44(24(73)14(4-64)97-54)105-53-34(83)32(81)22(71)12(2-62)96-53/h11-92H,1-10H2/t11-,12-,13-,14-,15-,16-,17-,18-,19-,20-,21-,22-,23-,24-,25-,26-,27-,28-,29-,30-,31+,32+,33-,34-,35-,36-,37-,38-,39-,40-,41-,42-,43+,44+,45+,46+,47+,48+,49+,50+,51?,52-,53+,54+,55+,56+,57+,58+,59+,60+/m1/s1. The van der Waals surface area contributed by atoms with Gasteiger partial charge in [0.15, 0.2) is 62.9 Å². The lowest BCUT2D eigenvalue weighted by Crippen LogP contribution is -2.69. The summed E-state index contributed by atoms with van der Waals surface area (Å²) in [7, 11) is 0. The summed E-state index contributed by atoms with van der Waals surface area (Å²) < 4.78 is 107. The molecule has 32 N–H and O–H groups in total. The molecule has 10 aliphatic heterocycles. The maximum atomic E-state index is 12.0. The van der Waals surface area contributed by atoms with Crippen LogP contribution in [0.2, 0.25) is 0 Å². The fraction of sp³-hybridized carbons (Fsp3) is 1.00. The summed E-state index contributed by atoms with van der Waals surface area (Å²) in [6.45, 7) is -10.8. The Balaban J connectivity index is 0.832. The maximum absolute atomic E-state index is 12.0. The van der Waals surface area contributed by atoms with Gasteiger partial charge in [0.2, 0.25) is 0 Å². The molecule has 10 aliphatic rings. The van der Waals surface area contributed by atoms with E-state index in [4.69, 9.17) is 90.0 Å². The first-order valence-electron chi connectivity index (χ1n) is 35.2. The van der Waals surface area contributed by atoms with Crippen molar-refractivity contribution in [2.24, 2.45) is 0 Å². The first-order valence-corrected chi connectivity index (χ1v) is 35.2. The van der Waals surface area contributed by atoms with E-state index in [-0.39, 0.29) is 0 Å². The average Bonchev–Trinajstić information content (AvgIpc) is 0.946. The van der Waals surface area contributed by atoms with Crippen molar-refractivity contribution >= 4 is 0 Å². The molecule has 50 atom stereocenters. The van der Waals surface area contributed by atoms with Crippen LogP contribution < -0.4 is 0 Å². The van der Waals surface area contributed by atoms with Gasteiger partial charge in [-0.3, -0.25) is 0 Å². The molecule has 0 aromatic heterocycles. The van der Waals surface area contributed by atoms with Gasteiger partial charge in [-0.15, -0.1) is 0 Å². The van der Waals surface area contributed by atoms with Gasteiger partial charge >= 0.3 is 0 Å². The Morgan fingerprint density at radius 2 is 0.315 bits per heavy atom. The van der Waals surface area contributed by atoms with Gasteiger partial charge in [-0.2, -0.15) is 0 Å². The van der Waals surface area contributed by atoms with Crippen LogP contribution in [-0.4, -0.2) is 537 Å². The first-order chi connectivity index (χ1) is 52.7. The molecule has 111 heavy (non-hydrogen) atoms. The van der Waals surface area contributed by atoms with Gasteiger partial charge in [-0.05, 0) is 0 Å². The highest BCUT2D eigenvalue weighted by Crippen LogP contribution is 2.41. The molecule has 10 fully saturated rings. The van der Waals surface area contributed by atoms with Crippen LogP contribution in [0.4, 0.5) is 0 Å². The Morgan fingerprint density at radius 1 is 0.153 bits per heavy atom. The minimum Gasteiger partial charge on any atom is -0.394 e. The monoisotopic (exact) mass is 1640 g/mol. The van der Waals surface area contributed by atoms with Crippen molar-refractivity contribution in [3.63, 3.8) is 0 Å². The highest BCUT2D eigenvalue weighted by atomic mass is 16.8. The topological polar surface area (TPSA) is 823 Å². The Kier molecular flexibility index (Phi) is 32.4. The third-order valence-electron chi connectivity index (χ3n) is 20.9. The largest absolute Gasteiger partial charge is 0.394 e. The van der Waals surface area contributed by atoms with Gasteiger partial charge in [0.1, 0.15) is 244 Å². The Labute approximate surface area is 625 Å². The van der Waals surface area contributed by atoms with Crippen LogP contribution in [0.3, 0.4) is 0 Å². The molecule has 0 amide bonds. The van der Waals surface area contributed by atoms with Crippen molar-refractivity contribution < 1.29 is 253 Å². The van der Waals surface area contributed by atoms with Crippen LogP contribution in [0, 0.1) is 0 Å². The fourth-order valence-electron chi connectivity index (χ4n) is 14.3. The van der Waals surface area contributed by atoms with Gasteiger partial charge in [0.25, 0.3) is 0 Å². The predicted molar refractivity (Wildman–Crippen MR) is 330 cm³/mol. The molecule has 0 saturated carbocycles. The second kappa shape index (κ2) is 39.4. The third-order valence-corrected chi connectivity index (χ3v) is 20.9. The fourth-order valence-corrected chi connectivity index (χ4v) is 14.3. The highest BCUT2D eigenvalue weighted by molar-refractivity contribution is 5.03. The predicted octanol–water partition coefficient (Wildman–Crippen LogP) is -22.8. The van der Waals surface area contributed by atoms with E-state index in [0.717, 1.165) is 0 Å². The second-order valence-electron chi connectivity index (χ2n) is 28.0. The minimum absolute atomic E-state index is 0.921. The van der Waals surface area contributed by atoms with E-state index in [9.17, 15) is 163 Å². The molecule has 51 nitrogen and oxygen atoms in total. The number of hydrogen-bond donors (Lipinski definition) is 32. The van der Waals surface area contributed by atoms with Gasteiger partial charge in [-0.1, -0.05) is 0 Å². The van der Waals surface area contributed by atoms with E-state index in [1.54, 1.807) is 0 Å². The number of ether oxygens (including phenoxy) is 19. The number of rotatable bonds is 28. The van der Waals surface area contributed by atoms with Crippen LogP contribution in [0.15, 0.2) is 0 Å². The molecule has 0 aliphatic carbocycles. The van der Waals surface area contributed by atoms with E-state index in [1.807, 2.05) is 0 Å². The van der Waals surface area contributed by atoms with Crippen LogP contribution in [0.25, 0.3) is 0 Å². The third kappa shape index (κ3) is 18.9. The molecule has 0 aromatic rings. The lowest BCUT2D eigenvalue weighted by molar-refractivity contribution is -0.403. The summed E-state index contributed by atoms with van der Waals surface area (Å²) in [5.41, 5.74) is 0. The summed E-state index contributed by atoms with van der Waals surface area (Å²) in [5, 5.41) is 350. The Morgan fingerprint density at radius 3 is 0.541 bits per heavy atom. The summed E-state index contributed by atoms with van der Waals surface area (Å²) in [4.78, 5) is 0. The maximum Gasteiger partial charge on any atom is 0.187 e. The van der Waals surface area contributed by atoms with Crippen molar-refractivity contribution in [2.75, 3.05) is 66.1 Å². The Bertz CT molecular complexity index is 2790. The quantitative estimate of drug-likeness (QED) is 0.0346. The number of hydrogen-bond acceptors (Lipinski definition) is 51. The van der Waals surface area contributed by atoms with Crippen LogP contribution in [-0.2, 0) is 90.0 Å². The van der Waals surface area contributed by atoms with Crippen molar-refractivity contribution in [3.8, 4) is 0 Å². The summed E-state index contributed by atoms with van der Waals surface area (Å²) >= 11 is 0. The molecular weight excluding hydrogens is 1540 g/mol. The first kappa shape index (κ1) is 91.3. The molecular formula is C60H102O51. The van der Waals surface area contributed by atoms with Crippen molar-refractivity contribution in [3.05, 3.63) is 0 Å².